The molecule has 0 atom stereocenters. The van der Waals surface area contributed by atoms with Crippen LogP contribution in [0.3, 0.4) is 0 Å². The topological polar surface area (TPSA) is 46.6 Å². The van der Waals surface area contributed by atoms with E-state index >= 15 is 0 Å². The van der Waals surface area contributed by atoms with E-state index in [1.807, 2.05) is 13.0 Å². The number of nitrogens with zero attached hydrogens (tertiary/aromatic N) is 1. The van der Waals surface area contributed by atoms with Crippen LogP contribution in [-0.2, 0) is 10.0 Å². The number of methoxy groups -OCH3 is 1. The minimum Gasteiger partial charge on any atom is -0.495 e. The maximum Gasteiger partial charge on any atom is 0.246 e. The zero-order valence-corrected chi connectivity index (χ0v) is 13.2. The molecule has 4 nitrogen and oxygen atoms in total. The van der Waals surface area contributed by atoms with E-state index in [9.17, 15) is 8.42 Å². The average Bonchev–Trinajstić information content (AvgIpc) is 2.47. The Hall–Kier alpha value is -1.07. The fourth-order valence-electron chi connectivity index (χ4n) is 2.78. The summed E-state index contributed by atoms with van der Waals surface area (Å²) in [6.07, 6.45) is 5.32. The lowest BCUT2D eigenvalue weighted by atomic mass is 9.96. The molecule has 1 saturated carbocycles. The fraction of sp³-hybridized carbons (Fsp3) is 0.600. The van der Waals surface area contributed by atoms with Crippen molar-refractivity contribution in [2.75, 3.05) is 14.2 Å². The van der Waals surface area contributed by atoms with Gasteiger partial charge in [0.15, 0.2) is 0 Å². The van der Waals surface area contributed by atoms with Gasteiger partial charge in [-0.2, -0.15) is 4.31 Å². The van der Waals surface area contributed by atoms with Gasteiger partial charge in [-0.3, -0.25) is 0 Å². The molecule has 0 heterocycles. The first-order chi connectivity index (χ1) is 9.46. The standard InChI is InChI=1S/C15H23NO3S/c1-12-9-10-14(19-3)15(11-12)20(17,18)16(2)13-7-5-4-6-8-13/h9-11,13H,4-8H2,1-3H3. The summed E-state index contributed by atoms with van der Waals surface area (Å²) in [4.78, 5) is 0.271. The smallest absolute Gasteiger partial charge is 0.246 e. The Bertz CT molecular complexity index is 562. The Labute approximate surface area is 121 Å². The summed E-state index contributed by atoms with van der Waals surface area (Å²) in [5, 5.41) is 0. The molecular formula is C15H23NO3S. The molecule has 2 rings (SSSR count). The van der Waals surface area contributed by atoms with E-state index < -0.39 is 10.0 Å². The van der Waals surface area contributed by atoms with Crippen LogP contribution in [0.5, 0.6) is 5.75 Å². The van der Waals surface area contributed by atoms with Gasteiger partial charge >= 0.3 is 0 Å². The zero-order chi connectivity index (χ0) is 14.8. The molecule has 0 aromatic heterocycles. The number of benzene rings is 1. The molecule has 1 aliphatic carbocycles. The van der Waals surface area contributed by atoms with Gasteiger partial charge < -0.3 is 4.74 Å². The lowest BCUT2D eigenvalue weighted by molar-refractivity contribution is 0.284. The van der Waals surface area contributed by atoms with Gasteiger partial charge in [0.2, 0.25) is 10.0 Å². The van der Waals surface area contributed by atoms with Crippen molar-refractivity contribution in [3.05, 3.63) is 23.8 Å². The second-order valence-electron chi connectivity index (χ2n) is 5.47. The number of sulfonamides is 1. The molecule has 0 N–H and O–H groups in total. The molecule has 0 aliphatic heterocycles. The second-order valence-corrected chi connectivity index (χ2v) is 7.43. The number of ether oxygens (including phenoxy) is 1. The van der Waals surface area contributed by atoms with Crippen molar-refractivity contribution >= 4 is 10.0 Å². The number of hydrogen-bond donors (Lipinski definition) is 0. The Kier molecular flexibility index (Phi) is 4.70. The lowest BCUT2D eigenvalue weighted by Crippen LogP contribution is -2.38. The predicted molar refractivity (Wildman–Crippen MR) is 79.6 cm³/mol. The summed E-state index contributed by atoms with van der Waals surface area (Å²) in [6, 6.07) is 5.38. The molecule has 1 aromatic rings. The van der Waals surface area contributed by atoms with Crippen molar-refractivity contribution in [2.24, 2.45) is 0 Å². The third kappa shape index (κ3) is 2.99. The molecule has 0 bridgehead atoms. The van der Waals surface area contributed by atoms with Crippen molar-refractivity contribution in [1.29, 1.82) is 0 Å². The molecule has 0 spiro atoms. The predicted octanol–water partition coefficient (Wildman–Crippen LogP) is 2.96. The SMILES string of the molecule is COc1ccc(C)cc1S(=O)(=O)N(C)C1CCCCC1. The Morgan fingerprint density at radius 3 is 2.45 bits per heavy atom. The zero-order valence-electron chi connectivity index (χ0n) is 12.4. The molecule has 20 heavy (non-hydrogen) atoms. The van der Waals surface area contributed by atoms with Gasteiger partial charge in [0.05, 0.1) is 7.11 Å². The minimum absolute atomic E-state index is 0.110. The van der Waals surface area contributed by atoms with E-state index in [0.29, 0.717) is 5.75 Å². The molecule has 1 aromatic carbocycles. The highest BCUT2D eigenvalue weighted by atomic mass is 32.2. The summed E-state index contributed by atoms with van der Waals surface area (Å²) in [6.45, 7) is 1.89. The van der Waals surface area contributed by atoms with Crippen LogP contribution in [0.1, 0.15) is 37.7 Å². The molecule has 5 heteroatoms. The molecule has 0 unspecified atom stereocenters. The fourth-order valence-corrected chi connectivity index (χ4v) is 4.44. The first-order valence-corrected chi connectivity index (χ1v) is 8.53. The van der Waals surface area contributed by atoms with Gasteiger partial charge in [-0.25, -0.2) is 8.42 Å². The van der Waals surface area contributed by atoms with Crippen molar-refractivity contribution in [3.8, 4) is 5.75 Å². The van der Waals surface area contributed by atoms with Gasteiger partial charge in [-0.15, -0.1) is 0 Å². The van der Waals surface area contributed by atoms with Crippen LogP contribution in [0.25, 0.3) is 0 Å². The summed E-state index contributed by atoms with van der Waals surface area (Å²) >= 11 is 0. The van der Waals surface area contributed by atoms with Gasteiger partial charge in [-0.1, -0.05) is 25.3 Å². The van der Waals surface area contributed by atoms with Crippen molar-refractivity contribution in [1.82, 2.24) is 4.31 Å². The molecule has 112 valence electrons. The monoisotopic (exact) mass is 297 g/mol. The number of hydrogen-bond acceptors (Lipinski definition) is 3. The lowest BCUT2D eigenvalue weighted by Gasteiger charge is -2.30. The maximum absolute atomic E-state index is 12.8. The third-order valence-electron chi connectivity index (χ3n) is 4.07. The highest BCUT2D eigenvalue weighted by Gasteiger charge is 2.31. The molecule has 1 aliphatic rings. The van der Waals surface area contributed by atoms with Crippen LogP contribution in [0.2, 0.25) is 0 Å². The quantitative estimate of drug-likeness (QED) is 0.858. The van der Waals surface area contributed by atoms with Crippen LogP contribution in [0, 0.1) is 6.92 Å². The molecule has 0 saturated heterocycles. The average molecular weight is 297 g/mol. The first-order valence-electron chi connectivity index (χ1n) is 7.09. The minimum atomic E-state index is -3.50. The highest BCUT2D eigenvalue weighted by Crippen LogP contribution is 2.31. The largest absolute Gasteiger partial charge is 0.495 e. The van der Waals surface area contributed by atoms with E-state index in [1.165, 1.54) is 17.8 Å². The highest BCUT2D eigenvalue weighted by molar-refractivity contribution is 7.89. The number of rotatable bonds is 4. The Balaban J connectivity index is 2.36. The third-order valence-corrected chi connectivity index (χ3v) is 6.00. The van der Waals surface area contributed by atoms with E-state index in [4.69, 9.17) is 4.74 Å². The van der Waals surface area contributed by atoms with Crippen molar-refractivity contribution in [2.45, 2.75) is 50.0 Å². The second kappa shape index (κ2) is 6.14. The summed E-state index contributed by atoms with van der Waals surface area (Å²) < 4.78 is 32.4. The number of aryl methyl sites for hydroxylation is 1. The normalized spacial score (nSPS) is 17.4. The summed E-state index contributed by atoms with van der Waals surface area (Å²) in [5.74, 6) is 0.415. The Morgan fingerprint density at radius 1 is 1.20 bits per heavy atom. The van der Waals surface area contributed by atoms with Gasteiger partial charge in [0, 0.05) is 13.1 Å². The van der Waals surface area contributed by atoms with E-state index in [-0.39, 0.29) is 10.9 Å². The van der Waals surface area contributed by atoms with Crippen LogP contribution in [0.4, 0.5) is 0 Å². The molecule has 1 fully saturated rings. The van der Waals surface area contributed by atoms with E-state index in [0.717, 1.165) is 31.2 Å². The van der Waals surface area contributed by atoms with Crippen LogP contribution < -0.4 is 4.74 Å². The van der Waals surface area contributed by atoms with Crippen molar-refractivity contribution in [3.63, 3.8) is 0 Å². The molecule has 0 amide bonds. The first kappa shape index (κ1) is 15.3. The molecule has 0 radical (unpaired) electrons. The summed E-state index contributed by atoms with van der Waals surface area (Å²) in [5.41, 5.74) is 0.918. The van der Waals surface area contributed by atoms with E-state index in [2.05, 4.69) is 0 Å². The Morgan fingerprint density at radius 2 is 1.85 bits per heavy atom. The van der Waals surface area contributed by atoms with Gasteiger partial charge in [0.1, 0.15) is 10.6 Å². The van der Waals surface area contributed by atoms with Crippen molar-refractivity contribution < 1.29 is 13.2 Å². The van der Waals surface area contributed by atoms with Crippen LogP contribution in [0.15, 0.2) is 23.1 Å². The maximum atomic E-state index is 12.8. The van der Waals surface area contributed by atoms with Gasteiger partial charge in [0.25, 0.3) is 0 Å². The van der Waals surface area contributed by atoms with Crippen LogP contribution in [-0.4, -0.2) is 32.9 Å². The molecular weight excluding hydrogens is 274 g/mol. The van der Waals surface area contributed by atoms with Gasteiger partial charge in [-0.05, 0) is 37.5 Å². The summed E-state index contributed by atoms with van der Waals surface area (Å²) in [7, 11) is -0.304. The van der Waals surface area contributed by atoms with E-state index in [1.54, 1.807) is 19.2 Å². The van der Waals surface area contributed by atoms with Crippen LogP contribution >= 0.6 is 0 Å².